The van der Waals surface area contributed by atoms with Gasteiger partial charge in [-0.15, -0.1) is 0 Å². The van der Waals surface area contributed by atoms with Crippen molar-refractivity contribution < 1.29 is 23.0 Å². The fraction of sp³-hybridized carbons (Fsp3) is 0.333. The smallest absolute Gasteiger partial charge is 0.317 e. The van der Waals surface area contributed by atoms with E-state index >= 15 is 0 Å². The molecule has 0 amide bonds. The van der Waals surface area contributed by atoms with Gasteiger partial charge in [0.15, 0.2) is 11.7 Å². The van der Waals surface area contributed by atoms with Crippen LogP contribution in [0.25, 0.3) is 0 Å². The Morgan fingerprint density at radius 1 is 0.944 bits per heavy atom. The lowest BCUT2D eigenvalue weighted by Gasteiger charge is -2.23. The second kappa shape index (κ2) is 12.1. The largest absolute Gasteiger partial charge is 0.480 e. The first-order valence-corrected chi connectivity index (χ1v) is 12.2. The van der Waals surface area contributed by atoms with E-state index in [-0.39, 0.29) is 49.3 Å². The molecule has 2 aromatic carbocycles. The number of carbonyl (C=O) groups is 2. The first-order chi connectivity index (χ1) is 17.4. The minimum atomic E-state index is -1.01. The Morgan fingerprint density at radius 3 is 2.11 bits per heavy atom. The summed E-state index contributed by atoms with van der Waals surface area (Å²) in [5.41, 5.74) is 7.95. The number of nitrogens with zero attached hydrogens (tertiary/aromatic N) is 2. The minimum absolute atomic E-state index is 0.109. The molecule has 1 aliphatic heterocycles. The molecular weight excluding hydrogens is 490 g/mol. The van der Waals surface area contributed by atoms with Crippen LogP contribution in [-0.2, 0) is 22.7 Å². The fourth-order valence-electron chi connectivity index (χ4n) is 3.88. The van der Waals surface area contributed by atoms with E-state index in [9.17, 15) is 17.9 Å². The molecule has 9 nitrogen and oxygen atoms in total. The van der Waals surface area contributed by atoms with E-state index in [1.807, 2.05) is 6.07 Å². The van der Waals surface area contributed by atoms with Crippen LogP contribution < -0.4 is 21.5 Å². The van der Waals surface area contributed by atoms with E-state index in [0.29, 0.717) is 34.0 Å². The normalized spacial score (nSPS) is 15.3. The summed E-state index contributed by atoms with van der Waals surface area (Å²) in [7, 11) is 0. The van der Waals surface area contributed by atoms with Gasteiger partial charge in [0.05, 0.1) is 25.2 Å². The van der Waals surface area contributed by atoms with Crippen molar-refractivity contribution in [2.24, 2.45) is 16.1 Å². The van der Waals surface area contributed by atoms with Gasteiger partial charge in [-0.25, -0.2) is 4.39 Å². The summed E-state index contributed by atoms with van der Waals surface area (Å²) < 4.78 is 27.5. The van der Waals surface area contributed by atoms with Crippen molar-refractivity contribution in [1.29, 1.82) is 0 Å². The van der Waals surface area contributed by atoms with Crippen molar-refractivity contribution >= 4 is 35.6 Å². The molecule has 1 fully saturated rings. The van der Waals surface area contributed by atoms with E-state index in [0.717, 1.165) is 24.8 Å². The molecule has 1 saturated carbocycles. The van der Waals surface area contributed by atoms with Crippen LogP contribution in [0.2, 0.25) is 0 Å². The highest BCUT2D eigenvalue weighted by atomic mass is 32.2. The zero-order valence-electron chi connectivity index (χ0n) is 19.3. The predicted molar refractivity (Wildman–Crippen MR) is 133 cm³/mol. The molecule has 0 bridgehead atoms. The first kappa shape index (κ1) is 25.7. The maximum absolute atomic E-state index is 14.1. The molecule has 4 rings (SSSR count). The average Bonchev–Trinajstić information content (AvgIpc) is 2.82. The highest BCUT2D eigenvalue weighted by Gasteiger charge is 2.24. The summed E-state index contributed by atoms with van der Waals surface area (Å²) in [4.78, 5) is 23.1. The van der Waals surface area contributed by atoms with Gasteiger partial charge in [-0.1, -0.05) is 6.42 Å². The Hall–Kier alpha value is -3.35. The van der Waals surface area contributed by atoms with Gasteiger partial charge in [0, 0.05) is 35.0 Å². The highest BCUT2D eigenvalue weighted by molar-refractivity contribution is 7.94. The molecule has 0 atom stereocenters. The number of hydrazone groups is 2. The topological polar surface area (TPSA) is 127 Å². The molecule has 0 aromatic heterocycles. The van der Waals surface area contributed by atoms with Gasteiger partial charge in [-0.3, -0.25) is 20.4 Å². The second-order valence-corrected chi connectivity index (χ2v) is 9.26. The maximum Gasteiger partial charge on any atom is 0.317 e. The number of hydrogen-bond donors (Lipinski definition) is 5. The Labute approximate surface area is 211 Å². The number of halogens is 2. The summed E-state index contributed by atoms with van der Waals surface area (Å²) >= 11 is 0.109. The molecule has 36 heavy (non-hydrogen) atoms. The van der Waals surface area contributed by atoms with E-state index in [4.69, 9.17) is 5.11 Å². The van der Waals surface area contributed by atoms with Gasteiger partial charge < -0.3 is 15.7 Å². The maximum atomic E-state index is 14.1. The van der Waals surface area contributed by atoms with Crippen LogP contribution in [0.5, 0.6) is 0 Å². The Kier molecular flexibility index (Phi) is 8.62. The van der Waals surface area contributed by atoms with Crippen molar-refractivity contribution in [3.63, 3.8) is 0 Å². The van der Waals surface area contributed by atoms with Crippen LogP contribution in [0.3, 0.4) is 0 Å². The summed E-state index contributed by atoms with van der Waals surface area (Å²) in [6.07, 6.45) is 3.02. The number of ketones is 1. The van der Waals surface area contributed by atoms with Gasteiger partial charge in [0.2, 0.25) is 0 Å². The van der Waals surface area contributed by atoms with Crippen molar-refractivity contribution in [1.82, 2.24) is 21.5 Å². The summed E-state index contributed by atoms with van der Waals surface area (Å²) in [5, 5.41) is 23.1. The summed E-state index contributed by atoms with van der Waals surface area (Å²) in [5.74, 6) is -0.520. The molecule has 2 aromatic rings. The van der Waals surface area contributed by atoms with Crippen LogP contribution in [0.1, 0.15) is 41.5 Å². The number of carboxylic acids is 1. The minimum Gasteiger partial charge on any atom is -0.480 e. The van der Waals surface area contributed by atoms with Gasteiger partial charge in [-0.2, -0.15) is 14.1 Å². The van der Waals surface area contributed by atoms with Crippen molar-refractivity contribution in [3.8, 4) is 0 Å². The molecule has 1 aliphatic carbocycles. The summed E-state index contributed by atoms with van der Waals surface area (Å²) in [6, 6.07) is 9.40. The zero-order chi connectivity index (χ0) is 25.5. The molecule has 0 spiro atoms. The third-order valence-corrected chi connectivity index (χ3v) is 6.32. The van der Waals surface area contributed by atoms with Crippen LogP contribution in [0.15, 0.2) is 51.5 Å². The third kappa shape index (κ3) is 6.86. The number of carbonyl (C=O) groups excluding carboxylic acids is 1. The molecule has 12 heteroatoms. The van der Waals surface area contributed by atoms with Crippen molar-refractivity contribution in [2.45, 2.75) is 37.2 Å². The number of benzene rings is 2. The highest BCUT2D eigenvalue weighted by Crippen LogP contribution is 2.27. The lowest BCUT2D eigenvalue weighted by atomic mass is 9.82. The van der Waals surface area contributed by atoms with E-state index < -0.39 is 11.8 Å². The Balaban J connectivity index is 1.40. The predicted octanol–water partition coefficient (Wildman–Crippen LogP) is 2.65. The Morgan fingerprint density at radius 2 is 1.56 bits per heavy atom. The number of amidine groups is 2. The number of rotatable bonds is 12. The SMILES string of the molecule is O=C(O)CNCc1cc(F)cc(C2=NNC(c3cc(CNCC(=O)C4CCC4)cc(SF)c3)=NN2)c1. The van der Waals surface area contributed by atoms with Gasteiger partial charge in [-0.05, 0) is 60.4 Å². The molecule has 0 saturated heterocycles. The van der Waals surface area contributed by atoms with E-state index in [2.05, 4.69) is 31.7 Å². The molecular formula is C24H26F2N6O3S. The second-order valence-electron chi connectivity index (χ2n) is 8.63. The molecule has 190 valence electrons. The quantitative estimate of drug-likeness (QED) is 0.291. The number of carboxylic acid groups (broad SMARTS) is 1. The fourth-order valence-corrected chi connectivity index (χ4v) is 4.24. The van der Waals surface area contributed by atoms with Gasteiger partial charge in [0.1, 0.15) is 11.6 Å². The zero-order valence-corrected chi connectivity index (χ0v) is 20.1. The first-order valence-electron chi connectivity index (χ1n) is 11.5. The average molecular weight is 517 g/mol. The van der Waals surface area contributed by atoms with Crippen molar-refractivity contribution in [3.05, 3.63) is 64.5 Å². The number of nitrogens with one attached hydrogen (secondary N) is 4. The van der Waals surface area contributed by atoms with Crippen molar-refractivity contribution in [2.75, 3.05) is 13.1 Å². The number of aliphatic carboxylic acids is 1. The van der Waals surface area contributed by atoms with Crippen LogP contribution >= 0.6 is 12.1 Å². The molecule has 1 heterocycles. The number of hydrogen-bond acceptors (Lipinski definition) is 9. The van der Waals surface area contributed by atoms with E-state index in [1.54, 1.807) is 18.2 Å². The lowest BCUT2D eigenvalue weighted by Crippen LogP contribution is -2.35. The molecule has 0 unspecified atom stereocenters. The third-order valence-electron chi connectivity index (χ3n) is 5.90. The summed E-state index contributed by atoms with van der Waals surface area (Å²) in [6.45, 7) is 0.605. The van der Waals surface area contributed by atoms with Gasteiger partial charge >= 0.3 is 5.97 Å². The Bertz CT molecular complexity index is 1200. The van der Waals surface area contributed by atoms with Crippen LogP contribution in [0.4, 0.5) is 8.28 Å². The van der Waals surface area contributed by atoms with E-state index in [1.165, 1.54) is 12.1 Å². The molecule has 2 aliphatic rings. The van der Waals surface area contributed by atoms with Crippen LogP contribution in [0, 0.1) is 11.7 Å². The number of Topliss-reactive ketones (excluding diaryl/α,β-unsaturated/α-hetero) is 1. The lowest BCUT2D eigenvalue weighted by molar-refractivity contribution is -0.136. The van der Waals surface area contributed by atoms with Gasteiger partial charge in [0.25, 0.3) is 0 Å². The monoisotopic (exact) mass is 516 g/mol. The molecule has 0 radical (unpaired) electrons. The standard InChI is InChI=1S/C24H26F2N6O3S/c25-19-6-14(10-28-13-22(34)35)4-17(8-19)23-29-31-24(32-30-23)18-5-15(7-20(9-18)36-26)11-27-12-21(33)16-2-1-3-16/h4-9,16,27-28H,1-3,10-13H2,(H,29,30)(H,31,32)(H,34,35). The molecule has 5 N–H and O–H groups in total. The van der Waals surface area contributed by atoms with Crippen LogP contribution in [-0.4, -0.2) is 41.6 Å².